The van der Waals surface area contributed by atoms with Gasteiger partial charge < -0.3 is 9.15 Å². The highest BCUT2D eigenvalue weighted by atomic mass is 32.1. The van der Waals surface area contributed by atoms with E-state index in [-0.39, 0.29) is 23.6 Å². The Kier molecular flexibility index (Phi) is 4.55. The second kappa shape index (κ2) is 6.51. The number of halogens is 3. The number of furan rings is 1. The van der Waals surface area contributed by atoms with Gasteiger partial charge in [0.1, 0.15) is 15.7 Å². The van der Waals surface area contributed by atoms with E-state index in [0.29, 0.717) is 28.2 Å². The summed E-state index contributed by atoms with van der Waals surface area (Å²) in [4.78, 5) is 15.1. The number of aromatic nitrogens is 1. The molecule has 4 nitrogen and oxygen atoms in total. The number of rotatable bonds is 5. The van der Waals surface area contributed by atoms with Crippen LogP contribution >= 0.6 is 11.3 Å². The second-order valence-corrected chi connectivity index (χ2v) is 6.68. The Bertz CT molecular complexity index is 927. The smallest absolute Gasteiger partial charge is 0.427 e. The number of carbonyl (C=O) groups is 1. The van der Waals surface area contributed by atoms with Crippen molar-refractivity contribution >= 4 is 28.1 Å². The number of ether oxygens (including phenoxy) is 1. The van der Waals surface area contributed by atoms with Gasteiger partial charge in [0, 0.05) is 17.4 Å². The molecule has 0 saturated carbocycles. The lowest BCUT2D eigenvalue weighted by atomic mass is 10.0. The molecule has 132 valence electrons. The lowest BCUT2D eigenvalue weighted by Gasteiger charge is -2.04. The number of fused-ring (bicyclic) bond motifs is 1. The summed E-state index contributed by atoms with van der Waals surface area (Å²) in [5, 5.41) is 0.907. The lowest BCUT2D eigenvalue weighted by molar-refractivity contribution is -0.134. The Labute approximate surface area is 145 Å². The van der Waals surface area contributed by atoms with Crippen LogP contribution in [0.4, 0.5) is 13.2 Å². The Hall–Kier alpha value is -2.35. The average Bonchev–Trinajstić information content (AvgIpc) is 3.14. The fourth-order valence-corrected chi connectivity index (χ4v) is 3.40. The van der Waals surface area contributed by atoms with Crippen molar-refractivity contribution in [3.8, 4) is 5.75 Å². The second-order valence-electron chi connectivity index (χ2n) is 5.56. The molecule has 3 rings (SSSR count). The van der Waals surface area contributed by atoms with E-state index in [4.69, 9.17) is 9.15 Å². The summed E-state index contributed by atoms with van der Waals surface area (Å²) >= 11 is 0.492. The third-order valence-corrected chi connectivity index (χ3v) is 4.79. The minimum atomic E-state index is -4.44. The SMILES string of the molecule is COc1c(C)ccc2c(CC(=O)Cc3ncc(C(F)(F)F)s3)coc12. The summed E-state index contributed by atoms with van der Waals surface area (Å²) in [5.41, 5.74) is 2.13. The maximum Gasteiger partial charge on any atom is 0.427 e. The first-order valence-electron chi connectivity index (χ1n) is 7.37. The van der Waals surface area contributed by atoms with Crippen LogP contribution in [0, 0.1) is 6.92 Å². The number of aryl methyl sites for hydroxylation is 1. The van der Waals surface area contributed by atoms with E-state index < -0.39 is 11.1 Å². The molecular formula is C17H14F3NO3S. The highest BCUT2D eigenvalue weighted by Crippen LogP contribution is 2.34. The highest BCUT2D eigenvalue weighted by Gasteiger charge is 2.33. The Balaban J connectivity index is 1.77. The third kappa shape index (κ3) is 3.53. The first kappa shape index (κ1) is 17.5. The van der Waals surface area contributed by atoms with E-state index in [1.54, 1.807) is 0 Å². The van der Waals surface area contributed by atoms with Gasteiger partial charge in [-0.25, -0.2) is 4.98 Å². The molecule has 0 bridgehead atoms. The first-order chi connectivity index (χ1) is 11.8. The molecule has 0 N–H and O–H groups in total. The molecule has 0 atom stereocenters. The van der Waals surface area contributed by atoms with E-state index >= 15 is 0 Å². The number of carbonyl (C=O) groups excluding carboxylic acids is 1. The van der Waals surface area contributed by atoms with Crippen molar-refractivity contribution in [3.63, 3.8) is 0 Å². The molecule has 0 fully saturated rings. The topological polar surface area (TPSA) is 52.3 Å². The third-order valence-electron chi connectivity index (χ3n) is 3.75. The van der Waals surface area contributed by atoms with Gasteiger partial charge in [-0.05, 0) is 12.5 Å². The van der Waals surface area contributed by atoms with E-state index in [9.17, 15) is 18.0 Å². The van der Waals surface area contributed by atoms with Gasteiger partial charge in [0.05, 0.1) is 26.0 Å². The predicted molar refractivity (Wildman–Crippen MR) is 87.0 cm³/mol. The number of hydrogen-bond donors (Lipinski definition) is 0. The number of thiazole rings is 1. The lowest BCUT2D eigenvalue weighted by Crippen LogP contribution is -2.06. The predicted octanol–water partition coefficient (Wildman–Crippen LogP) is 4.58. The van der Waals surface area contributed by atoms with E-state index in [1.807, 2.05) is 19.1 Å². The molecule has 0 unspecified atom stereocenters. The van der Waals surface area contributed by atoms with Crippen LogP contribution in [0.1, 0.15) is 21.0 Å². The van der Waals surface area contributed by atoms with Gasteiger partial charge >= 0.3 is 6.18 Å². The van der Waals surface area contributed by atoms with E-state index in [0.717, 1.165) is 17.1 Å². The van der Waals surface area contributed by atoms with Crippen LogP contribution in [-0.4, -0.2) is 17.9 Å². The zero-order chi connectivity index (χ0) is 18.2. The molecular weight excluding hydrogens is 355 g/mol. The molecule has 2 heterocycles. The molecule has 2 aromatic heterocycles. The fourth-order valence-electron chi connectivity index (χ4n) is 2.58. The summed E-state index contributed by atoms with van der Waals surface area (Å²) in [5.74, 6) is 0.372. The monoisotopic (exact) mass is 369 g/mol. The average molecular weight is 369 g/mol. The maximum absolute atomic E-state index is 12.6. The van der Waals surface area contributed by atoms with Crippen LogP contribution in [0.3, 0.4) is 0 Å². The number of ketones is 1. The van der Waals surface area contributed by atoms with Crippen molar-refractivity contribution in [2.75, 3.05) is 7.11 Å². The van der Waals surface area contributed by atoms with Gasteiger partial charge in [-0.2, -0.15) is 13.2 Å². The number of alkyl halides is 3. The zero-order valence-electron chi connectivity index (χ0n) is 13.4. The Morgan fingerprint density at radius 1 is 1.32 bits per heavy atom. The van der Waals surface area contributed by atoms with Crippen molar-refractivity contribution in [2.45, 2.75) is 25.9 Å². The molecule has 3 aromatic rings. The summed E-state index contributed by atoms with van der Waals surface area (Å²) < 4.78 is 48.6. The van der Waals surface area contributed by atoms with Crippen molar-refractivity contribution < 1.29 is 27.1 Å². The zero-order valence-corrected chi connectivity index (χ0v) is 14.3. The van der Waals surface area contributed by atoms with Crippen LogP contribution in [-0.2, 0) is 23.8 Å². The van der Waals surface area contributed by atoms with Crippen molar-refractivity contribution in [1.82, 2.24) is 4.98 Å². The molecule has 0 aliphatic heterocycles. The van der Waals surface area contributed by atoms with E-state index in [1.165, 1.54) is 13.4 Å². The quantitative estimate of drug-likeness (QED) is 0.661. The van der Waals surface area contributed by atoms with Crippen LogP contribution in [0.25, 0.3) is 11.0 Å². The van der Waals surface area contributed by atoms with Crippen LogP contribution < -0.4 is 4.74 Å². The standard InChI is InChI=1S/C17H14F3NO3S/c1-9-3-4-12-10(8-24-16(12)15(9)23-2)5-11(22)6-14-21-7-13(25-14)17(18,19)20/h3-4,7-8H,5-6H2,1-2H3. The molecule has 0 amide bonds. The number of Topliss-reactive ketones (excluding diaryl/α,β-unsaturated/α-hetero) is 1. The van der Waals surface area contributed by atoms with Gasteiger partial charge in [0.2, 0.25) is 0 Å². The van der Waals surface area contributed by atoms with Gasteiger partial charge in [-0.15, -0.1) is 11.3 Å². The number of methoxy groups -OCH3 is 1. The largest absolute Gasteiger partial charge is 0.493 e. The molecule has 0 aliphatic rings. The van der Waals surface area contributed by atoms with Gasteiger partial charge in [0.15, 0.2) is 11.3 Å². The minimum Gasteiger partial charge on any atom is -0.493 e. The van der Waals surface area contributed by atoms with Crippen LogP contribution in [0.5, 0.6) is 5.75 Å². The summed E-state index contributed by atoms with van der Waals surface area (Å²) in [6.45, 7) is 1.88. The fraction of sp³-hybridized carbons (Fsp3) is 0.294. The summed E-state index contributed by atoms with van der Waals surface area (Å²) in [7, 11) is 1.54. The molecule has 0 spiro atoms. The number of benzene rings is 1. The van der Waals surface area contributed by atoms with Crippen LogP contribution in [0.2, 0.25) is 0 Å². The van der Waals surface area contributed by atoms with Crippen molar-refractivity contribution in [1.29, 1.82) is 0 Å². The van der Waals surface area contributed by atoms with E-state index in [2.05, 4.69) is 4.98 Å². The Morgan fingerprint density at radius 3 is 2.72 bits per heavy atom. The van der Waals surface area contributed by atoms with Gasteiger partial charge in [-0.3, -0.25) is 4.79 Å². The van der Waals surface area contributed by atoms with Crippen molar-refractivity contribution in [3.05, 3.63) is 45.6 Å². The normalized spacial score (nSPS) is 11.9. The first-order valence-corrected chi connectivity index (χ1v) is 8.18. The highest BCUT2D eigenvalue weighted by molar-refractivity contribution is 7.11. The van der Waals surface area contributed by atoms with Crippen molar-refractivity contribution in [2.24, 2.45) is 0 Å². The van der Waals surface area contributed by atoms with Gasteiger partial charge in [0.25, 0.3) is 0 Å². The number of nitrogens with zero attached hydrogens (tertiary/aromatic N) is 1. The maximum atomic E-state index is 12.6. The summed E-state index contributed by atoms with van der Waals surface area (Å²) in [6.07, 6.45) is -2.29. The number of hydrogen-bond acceptors (Lipinski definition) is 5. The Morgan fingerprint density at radius 2 is 2.08 bits per heavy atom. The molecule has 25 heavy (non-hydrogen) atoms. The molecule has 0 radical (unpaired) electrons. The minimum absolute atomic E-state index is 0.0557. The molecule has 0 saturated heterocycles. The van der Waals surface area contributed by atoms with Crippen LogP contribution in [0.15, 0.2) is 29.0 Å². The molecule has 1 aromatic carbocycles. The molecule has 8 heteroatoms. The summed E-state index contributed by atoms with van der Waals surface area (Å²) in [6, 6.07) is 3.70. The molecule has 0 aliphatic carbocycles. The van der Waals surface area contributed by atoms with Gasteiger partial charge in [-0.1, -0.05) is 12.1 Å².